The van der Waals surface area contributed by atoms with Crippen molar-refractivity contribution < 1.29 is 0 Å². The van der Waals surface area contributed by atoms with Crippen LogP contribution in [0.2, 0.25) is 0 Å². The van der Waals surface area contributed by atoms with E-state index in [9.17, 15) is 0 Å². The number of rotatable bonds is 3. The van der Waals surface area contributed by atoms with Crippen LogP contribution in [0.15, 0.2) is 91.0 Å². The summed E-state index contributed by atoms with van der Waals surface area (Å²) in [6.07, 6.45) is 5.07. The van der Waals surface area contributed by atoms with Gasteiger partial charge in [0.25, 0.3) is 0 Å². The first-order valence-corrected chi connectivity index (χ1v) is 14.5. The van der Waals surface area contributed by atoms with Gasteiger partial charge in [-0.25, -0.2) is 0 Å². The highest BCUT2D eigenvalue weighted by molar-refractivity contribution is 5.85. The third-order valence-electron chi connectivity index (χ3n) is 10.8. The molecule has 0 radical (unpaired) electrons. The fourth-order valence-corrected chi connectivity index (χ4v) is 8.27. The fourth-order valence-electron chi connectivity index (χ4n) is 8.27. The van der Waals surface area contributed by atoms with Crippen LogP contribution in [-0.4, -0.2) is 5.54 Å². The number of hydrogen-bond acceptors (Lipinski definition) is 1. The second kappa shape index (κ2) is 8.09. The van der Waals surface area contributed by atoms with Crippen LogP contribution in [0.3, 0.4) is 0 Å². The molecule has 1 fully saturated rings. The van der Waals surface area contributed by atoms with Gasteiger partial charge < -0.3 is 4.90 Å². The largest absolute Gasteiger partial charge is 0.334 e. The predicted molar refractivity (Wildman–Crippen MR) is 161 cm³/mol. The van der Waals surface area contributed by atoms with Crippen molar-refractivity contribution in [3.8, 4) is 22.3 Å². The first kappa shape index (κ1) is 23.8. The fraction of sp³-hybridized carbons (Fsp3) is 0.351. The molecule has 192 valence electrons. The van der Waals surface area contributed by atoms with E-state index in [0.717, 1.165) is 5.92 Å². The van der Waals surface area contributed by atoms with Gasteiger partial charge in [0, 0.05) is 22.2 Å². The van der Waals surface area contributed by atoms with Crippen LogP contribution in [0.5, 0.6) is 0 Å². The topological polar surface area (TPSA) is 3.24 Å². The Kier molecular flexibility index (Phi) is 5.06. The van der Waals surface area contributed by atoms with Gasteiger partial charge in [-0.2, -0.15) is 0 Å². The number of para-hydroxylation sites is 1. The van der Waals surface area contributed by atoms with Gasteiger partial charge in [0.05, 0.1) is 5.54 Å². The highest BCUT2D eigenvalue weighted by Gasteiger charge is 2.59. The highest BCUT2D eigenvalue weighted by atomic mass is 15.3. The summed E-state index contributed by atoms with van der Waals surface area (Å²) < 4.78 is 0. The van der Waals surface area contributed by atoms with E-state index in [-0.39, 0.29) is 16.4 Å². The summed E-state index contributed by atoms with van der Waals surface area (Å²) in [6.45, 7) is 12.2. The van der Waals surface area contributed by atoms with E-state index in [1.54, 1.807) is 0 Å². The summed E-state index contributed by atoms with van der Waals surface area (Å²) >= 11 is 0. The van der Waals surface area contributed by atoms with Crippen LogP contribution in [0.25, 0.3) is 22.3 Å². The maximum absolute atomic E-state index is 2.68. The first-order chi connectivity index (χ1) is 18.3. The molecule has 0 amide bonds. The molecule has 1 heteroatoms. The third kappa shape index (κ3) is 3.05. The van der Waals surface area contributed by atoms with Crippen molar-refractivity contribution in [2.75, 3.05) is 4.90 Å². The molecule has 1 saturated carbocycles. The summed E-state index contributed by atoms with van der Waals surface area (Å²) in [6, 6.07) is 34.5. The predicted octanol–water partition coefficient (Wildman–Crippen LogP) is 10.0. The van der Waals surface area contributed by atoms with Crippen LogP contribution in [0, 0.1) is 5.92 Å². The van der Waals surface area contributed by atoms with Crippen LogP contribution in [0.1, 0.15) is 77.0 Å². The van der Waals surface area contributed by atoms with Crippen LogP contribution in [-0.2, 0) is 10.8 Å². The summed E-state index contributed by atoms with van der Waals surface area (Å²) in [4.78, 5) is 2.68. The zero-order valence-corrected chi connectivity index (χ0v) is 23.5. The Balaban J connectivity index is 1.38. The number of anilines is 2. The van der Waals surface area contributed by atoms with Gasteiger partial charge in [0.1, 0.15) is 0 Å². The Hall–Kier alpha value is -3.32. The minimum atomic E-state index is 0.0189. The maximum Gasteiger partial charge on any atom is 0.0518 e. The minimum absolute atomic E-state index is 0.0189. The zero-order chi connectivity index (χ0) is 26.3. The molecular formula is C37H39N. The van der Waals surface area contributed by atoms with Gasteiger partial charge in [0.15, 0.2) is 0 Å². The number of hydrogen-bond donors (Lipinski definition) is 0. The molecule has 0 bridgehead atoms. The molecule has 3 unspecified atom stereocenters. The van der Waals surface area contributed by atoms with E-state index < -0.39 is 0 Å². The average molecular weight is 498 g/mol. The van der Waals surface area contributed by atoms with Gasteiger partial charge in [-0.3, -0.25) is 0 Å². The molecule has 3 atom stereocenters. The molecule has 0 N–H and O–H groups in total. The van der Waals surface area contributed by atoms with Crippen molar-refractivity contribution in [3.63, 3.8) is 0 Å². The van der Waals surface area contributed by atoms with E-state index in [1.807, 2.05) is 0 Å². The molecule has 1 heterocycles. The highest BCUT2D eigenvalue weighted by Crippen LogP contribution is 2.62. The smallest absolute Gasteiger partial charge is 0.0518 e. The second-order valence-electron chi connectivity index (χ2n) is 13.0. The van der Waals surface area contributed by atoms with Gasteiger partial charge in [-0.15, -0.1) is 0 Å². The third-order valence-corrected chi connectivity index (χ3v) is 10.8. The molecule has 2 aliphatic carbocycles. The van der Waals surface area contributed by atoms with Crippen molar-refractivity contribution in [2.24, 2.45) is 5.92 Å². The molecule has 38 heavy (non-hydrogen) atoms. The van der Waals surface area contributed by atoms with Gasteiger partial charge >= 0.3 is 0 Å². The maximum atomic E-state index is 2.68. The van der Waals surface area contributed by atoms with Gasteiger partial charge in [0.2, 0.25) is 0 Å². The second-order valence-corrected chi connectivity index (χ2v) is 13.0. The van der Waals surface area contributed by atoms with Crippen molar-refractivity contribution in [1.82, 2.24) is 0 Å². The molecule has 4 aromatic carbocycles. The van der Waals surface area contributed by atoms with E-state index in [2.05, 4.69) is 131 Å². The van der Waals surface area contributed by atoms with E-state index in [4.69, 9.17) is 0 Å². The quantitative estimate of drug-likeness (QED) is 0.272. The van der Waals surface area contributed by atoms with E-state index in [0.29, 0.717) is 0 Å². The van der Waals surface area contributed by atoms with Crippen molar-refractivity contribution >= 4 is 11.4 Å². The Morgan fingerprint density at radius 1 is 0.711 bits per heavy atom. The molecule has 3 aliphatic rings. The van der Waals surface area contributed by atoms with Crippen LogP contribution in [0.4, 0.5) is 11.4 Å². The molecule has 0 spiro atoms. The lowest BCUT2D eigenvalue weighted by Gasteiger charge is -2.52. The number of benzene rings is 4. The summed E-state index contributed by atoms with van der Waals surface area (Å²) in [7, 11) is 0. The van der Waals surface area contributed by atoms with E-state index in [1.165, 1.54) is 76.0 Å². The molecule has 0 saturated heterocycles. The Bertz CT molecular complexity index is 1550. The summed E-state index contributed by atoms with van der Waals surface area (Å²) in [5, 5.41) is 0. The number of nitrogens with zero attached hydrogens (tertiary/aromatic N) is 1. The Morgan fingerprint density at radius 2 is 1.37 bits per heavy atom. The van der Waals surface area contributed by atoms with Crippen molar-refractivity contribution in [3.05, 3.63) is 108 Å². The molecule has 1 aliphatic heterocycles. The van der Waals surface area contributed by atoms with Crippen LogP contribution < -0.4 is 4.90 Å². The molecular weight excluding hydrogens is 458 g/mol. The molecule has 4 aromatic rings. The Labute approximate surface area is 228 Å². The lowest BCUT2D eigenvalue weighted by molar-refractivity contribution is 0.143. The SMILES string of the molecule is CCC1CCC2(C)N(c3ccccc3)c3ccc(-c4ccc5c(c4)C(C)(C)c4ccccc4-5)cc3C2(C)C1. The van der Waals surface area contributed by atoms with Crippen molar-refractivity contribution in [1.29, 1.82) is 0 Å². The van der Waals surface area contributed by atoms with E-state index >= 15 is 0 Å². The van der Waals surface area contributed by atoms with Crippen molar-refractivity contribution in [2.45, 2.75) is 76.7 Å². The van der Waals surface area contributed by atoms with Gasteiger partial charge in [-0.1, -0.05) is 94.8 Å². The lowest BCUT2D eigenvalue weighted by atomic mass is 9.58. The zero-order valence-electron chi connectivity index (χ0n) is 23.5. The first-order valence-electron chi connectivity index (χ1n) is 14.5. The normalized spacial score (nSPS) is 26.4. The van der Waals surface area contributed by atoms with Gasteiger partial charge in [-0.05, 0) is 101 Å². The summed E-state index contributed by atoms with van der Waals surface area (Å²) in [5.41, 5.74) is 12.8. The summed E-state index contributed by atoms with van der Waals surface area (Å²) in [5.74, 6) is 0.791. The minimum Gasteiger partial charge on any atom is -0.334 e. The number of fused-ring (bicyclic) bond motifs is 6. The Morgan fingerprint density at radius 3 is 2.13 bits per heavy atom. The standard InChI is InChI=1S/C37H39N/c1-6-25-20-21-37(5)36(4,24-25)33-23-27(17-19-34(33)38(37)28-12-8-7-9-13-28)26-16-18-30-29-14-10-11-15-31(29)35(2,3)32(30)22-26/h7-19,22-23,25H,6,20-21,24H2,1-5H3. The molecule has 7 rings (SSSR count). The lowest BCUT2D eigenvalue weighted by Crippen LogP contribution is -2.56. The molecule has 0 aromatic heterocycles. The monoisotopic (exact) mass is 497 g/mol. The molecule has 1 nitrogen and oxygen atoms in total. The van der Waals surface area contributed by atoms with Crippen LogP contribution >= 0.6 is 0 Å². The average Bonchev–Trinajstić information content (AvgIpc) is 3.29.